The highest BCUT2D eigenvalue weighted by molar-refractivity contribution is 5.77. The third-order valence-electron chi connectivity index (χ3n) is 18.7. The normalized spacial score (nSPS) is 14.6. The monoisotopic (exact) mass is 1390 g/mol. The van der Waals surface area contributed by atoms with E-state index in [9.17, 15) is 19.2 Å². The number of urea groups is 4. The molecule has 560 valence electrons. The van der Waals surface area contributed by atoms with Crippen molar-refractivity contribution < 1.29 is 57.1 Å². The molecule has 0 fully saturated rings. The molecule has 20 heteroatoms. The molecule has 0 saturated heterocycles. The Morgan fingerprint density at radius 1 is 0.270 bits per heavy atom. The van der Waals surface area contributed by atoms with Gasteiger partial charge in [-0.1, -0.05) is 132 Å². The molecule has 0 spiro atoms. The van der Waals surface area contributed by atoms with Gasteiger partial charge in [-0.05, 0) is 103 Å². The van der Waals surface area contributed by atoms with Crippen LogP contribution in [0, 0.1) is 0 Å². The van der Waals surface area contributed by atoms with Crippen LogP contribution in [0.2, 0.25) is 0 Å². The van der Waals surface area contributed by atoms with Crippen LogP contribution in [0.4, 0.5) is 19.2 Å². The van der Waals surface area contributed by atoms with Crippen molar-refractivity contribution in [3.63, 3.8) is 0 Å². The minimum Gasteiger partial charge on any atom is -0.496 e. The number of nitrogens with one attached hydrogen (secondary N) is 8. The summed E-state index contributed by atoms with van der Waals surface area (Å²) in [5.74, 6) is 2.72. The number of hydrogen-bond acceptors (Lipinski definition) is 12. The first-order valence-electron chi connectivity index (χ1n) is 38.2. The first kappa shape index (κ1) is 83.0. The van der Waals surface area contributed by atoms with Gasteiger partial charge in [-0.15, -0.1) is 0 Å². The van der Waals surface area contributed by atoms with Gasteiger partial charge in [0.05, 0.1) is 103 Å². The van der Waals surface area contributed by atoms with Crippen LogP contribution in [0.5, 0.6) is 46.0 Å². The van der Waals surface area contributed by atoms with Crippen LogP contribution in [0.25, 0.3) is 0 Å². The first-order valence-corrected chi connectivity index (χ1v) is 38.2. The highest BCUT2D eigenvalue weighted by atomic mass is 16.5. The van der Waals surface area contributed by atoms with Gasteiger partial charge in [0.2, 0.25) is 0 Å². The number of rotatable bonds is 44. The maximum absolute atomic E-state index is 14.1. The van der Waals surface area contributed by atoms with E-state index >= 15 is 0 Å². The highest BCUT2D eigenvalue weighted by Gasteiger charge is 2.40. The maximum atomic E-state index is 14.1. The van der Waals surface area contributed by atoms with Crippen molar-refractivity contribution in [3.8, 4) is 46.0 Å². The number of hydrogen-bond donors (Lipinski definition) is 8. The fraction of sp³-hybridized carbons (Fsp3) is 0.650. The second kappa shape index (κ2) is 45.3. The number of unbranched alkanes of at least 4 members (excludes halogenated alkanes) is 8. The average Bonchev–Trinajstić information content (AvgIpc) is 0.734. The smallest absolute Gasteiger partial charge is 0.315 e. The van der Waals surface area contributed by atoms with E-state index in [1.807, 2.05) is 55.4 Å². The summed E-state index contributed by atoms with van der Waals surface area (Å²) in [6.07, 6.45) is 16.3. The Labute approximate surface area is 600 Å². The molecule has 5 rings (SSSR count). The van der Waals surface area contributed by atoms with Gasteiger partial charge in [-0.3, -0.25) is 0 Å². The second-order valence-electron chi connectivity index (χ2n) is 25.9. The number of methoxy groups -OCH3 is 4. The molecule has 4 aromatic rings. The molecule has 0 radical (unpaired) electrons. The second-order valence-corrected chi connectivity index (χ2v) is 25.9. The van der Waals surface area contributed by atoms with Gasteiger partial charge in [0.25, 0.3) is 0 Å². The van der Waals surface area contributed by atoms with Crippen LogP contribution in [0.3, 0.4) is 0 Å². The number of carbonyl (C=O) groups is 4. The van der Waals surface area contributed by atoms with Crippen molar-refractivity contribution in [1.82, 2.24) is 42.5 Å². The van der Waals surface area contributed by atoms with Crippen LogP contribution in [-0.4, -0.2) is 105 Å². The Hall–Kier alpha value is -7.64. The van der Waals surface area contributed by atoms with Crippen LogP contribution in [-0.2, 0) is 26.2 Å². The largest absolute Gasteiger partial charge is 0.496 e. The zero-order chi connectivity index (χ0) is 72.9. The molecule has 0 saturated carbocycles. The summed E-state index contributed by atoms with van der Waals surface area (Å²) in [5, 5.41) is 25.2. The minimum absolute atomic E-state index is 0.0469. The Kier molecular flexibility index (Phi) is 37.6. The van der Waals surface area contributed by atoms with Gasteiger partial charge in [0.1, 0.15) is 46.0 Å². The Balaban J connectivity index is 2.39. The predicted octanol–water partition coefficient (Wildman–Crippen LogP) is 17.3. The number of amides is 8. The molecule has 4 aromatic carbocycles. The maximum Gasteiger partial charge on any atom is 0.315 e. The van der Waals surface area contributed by atoms with Crippen molar-refractivity contribution in [3.05, 3.63) is 91.0 Å². The lowest BCUT2D eigenvalue weighted by atomic mass is 9.74. The Bertz CT molecular complexity index is 2760. The summed E-state index contributed by atoms with van der Waals surface area (Å²) < 4.78 is 56.3. The molecule has 1 aliphatic rings. The summed E-state index contributed by atoms with van der Waals surface area (Å²) in [7, 11) is 6.80. The Morgan fingerprint density at radius 3 is 0.620 bits per heavy atom. The standard InChI is InChI=1S/C80H128N8O12/c1-17-29-33-37-53-57-45-62(74(98-26-10)65(69(57)93-13)49-85-77(89)81-41-21-5)55(39-35-31-19-3)59-47-64(76(100-28-12)67(71(59)95-15)51-87-79(91)83-43-23-7)56(40-36-32-20-4)60-48-63(75(99-27-11)68(72(60)96-16)52-88-80(92)84-44-24-8)54(38-34-30-18-2)58-46-61(53)73(97-25-9)66(70(58)94-14)50-86-78(90)82-42-22-6/h45-48,53-56H,17-44,49-52H2,1-16H3,(H2,81,85,89)(H2,82,86,90)(H2,83,87,91)(H2,84,88,92). The zero-order valence-corrected chi connectivity index (χ0v) is 64.1. The first-order chi connectivity index (χ1) is 48.7. The summed E-state index contributed by atoms with van der Waals surface area (Å²) in [6.45, 7) is 28.1. The van der Waals surface area contributed by atoms with Crippen LogP contribution in [0.15, 0.2) is 24.3 Å². The lowest BCUT2D eigenvalue weighted by molar-refractivity contribution is 0.239. The van der Waals surface area contributed by atoms with E-state index < -0.39 is 23.7 Å². The van der Waals surface area contributed by atoms with Crippen molar-refractivity contribution in [1.29, 1.82) is 0 Å². The summed E-state index contributed by atoms with van der Waals surface area (Å²) in [5.41, 5.74) is 9.64. The van der Waals surface area contributed by atoms with E-state index in [-0.39, 0.29) is 76.7 Å². The van der Waals surface area contributed by atoms with E-state index in [1.165, 1.54) is 0 Å². The number of ether oxygens (including phenoxy) is 8. The van der Waals surface area contributed by atoms with Gasteiger partial charge in [-0.25, -0.2) is 19.2 Å². The fourth-order valence-corrected chi connectivity index (χ4v) is 14.1. The molecule has 8 amide bonds. The lowest BCUT2D eigenvalue weighted by Gasteiger charge is -2.35. The average molecular weight is 1390 g/mol. The molecule has 1 aliphatic carbocycles. The van der Waals surface area contributed by atoms with Crippen molar-refractivity contribution in [2.75, 3.05) is 81.0 Å². The molecule has 4 unspecified atom stereocenters. The molecule has 20 nitrogen and oxygen atoms in total. The predicted molar refractivity (Wildman–Crippen MR) is 403 cm³/mol. The van der Waals surface area contributed by atoms with Gasteiger partial charge in [0.15, 0.2) is 0 Å². The Morgan fingerprint density at radius 2 is 0.460 bits per heavy atom. The molecule has 4 atom stereocenters. The van der Waals surface area contributed by atoms with Crippen molar-refractivity contribution >= 4 is 24.1 Å². The van der Waals surface area contributed by atoms with Gasteiger partial charge >= 0.3 is 24.1 Å². The van der Waals surface area contributed by atoms with E-state index in [4.69, 9.17) is 37.9 Å². The summed E-state index contributed by atoms with van der Waals surface area (Å²) in [6, 6.07) is 7.92. The van der Waals surface area contributed by atoms with Gasteiger partial charge in [0, 0.05) is 94.4 Å². The van der Waals surface area contributed by atoms with E-state index in [2.05, 4.69) is 94.5 Å². The van der Waals surface area contributed by atoms with Crippen molar-refractivity contribution in [2.24, 2.45) is 0 Å². The minimum atomic E-state index is -0.468. The van der Waals surface area contributed by atoms with E-state index in [0.717, 1.165) is 147 Å². The molecule has 100 heavy (non-hydrogen) atoms. The third kappa shape index (κ3) is 22.2. The van der Waals surface area contributed by atoms with Crippen LogP contribution >= 0.6 is 0 Å². The molecular formula is C80H128N8O12. The molecule has 8 bridgehead atoms. The zero-order valence-electron chi connectivity index (χ0n) is 64.1. The number of benzene rings is 4. The van der Waals surface area contributed by atoms with E-state index in [0.29, 0.717) is 120 Å². The van der Waals surface area contributed by atoms with Gasteiger partial charge in [-0.2, -0.15) is 0 Å². The molecule has 0 heterocycles. The van der Waals surface area contributed by atoms with Gasteiger partial charge < -0.3 is 80.4 Å². The fourth-order valence-electron chi connectivity index (χ4n) is 14.1. The summed E-state index contributed by atoms with van der Waals surface area (Å²) in [4.78, 5) is 56.4. The van der Waals surface area contributed by atoms with Crippen LogP contribution in [0.1, 0.15) is 302 Å². The van der Waals surface area contributed by atoms with E-state index in [1.54, 1.807) is 28.4 Å². The lowest BCUT2D eigenvalue weighted by Crippen LogP contribution is -2.36. The topological polar surface area (TPSA) is 238 Å². The summed E-state index contributed by atoms with van der Waals surface area (Å²) >= 11 is 0. The molecule has 0 aliphatic heterocycles. The molecule has 8 N–H and O–H groups in total. The highest BCUT2D eigenvalue weighted by Crippen LogP contribution is 2.57. The third-order valence-corrected chi connectivity index (χ3v) is 18.7. The number of fused-ring (bicyclic) bond motifs is 8. The quantitative estimate of drug-likeness (QED) is 0.0193. The SMILES string of the molecule is CCCCCC1c2cc(c(OCC)c(CNC(=O)NCCC)c2OC)C(CCCCC)c2cc(c(OCC)c(CNC(=O)NCCC)c2OC)C(CCCCC)c2cc(c(OCC)c(CNC(=O)NCCC)c2OC)C(CCCCC)c2cc1c(OCC)c(CNC(=O)NCCC)c2OC. The number of carbonyl (C=O) groups excluding carboxylic acids is 4. The molecular weight excluding hydrogens is 1260 g/mol. The van der Waals surface area contributed by atoms with Crippen molar-refractivity contribution in [2.45, 2.75) is 261 Å². The van der Waals surface area contributed by atoms with Crippen LogP contribution < -0.4 is 80.4 Å². The molecule has 0 aromatic heterocycles.